The lowest BCUT2D eigenvalue weighted by atomic mass is 10.1. The third-order valence-electron chi connectivity index (χ3n) is 4.08. The molecule has 0 aliphatic carbocycles. The number of esters is 2. The van der Waals surface area contributed by atoms with E-state index in [0.717, 1.165) is 32.1 Å². The lowest BCUT2D eigenvalue weighted by molar-refractivity contribution is -0.162. The maximum Gasteiger partial charge on any atom is 0.320 e. The van der Waals surface area contributed by atoms with Crippen molar-refractivity contribution in [2.45, 2.75) is 20.3 Å². The van der Waals surface area contributed by atoms with Crippen molar-refractivity contribution in [1.29, 1.82) is 0 Å². The second kappa shape index (κ2) is 9.93. The van der Waals surface area contributed by atoms with Crippen molar-refractivity contribution in [3.05, 3.63) is 18.5 Å². The van der Waals surface area contributed by atoms with Crippen LogP contribution in [0.15, 0.2) is 18.5 Å². The fourth-order valence-electron chi connectivity index (χ4n) is 2.76. The Balaban J connectivity index is 1.83. The molecule has 2 rings (SSSR count). The van der Waals surface area contributed by atoms with Crippen LogP contribution < -0.4 is 4.90 Å². The molecule has 1 aliphatic heterocycles. The highest BCUT2D eigenvalue weighted by molar-refractivity contribution is 5.94. The number of piperazine rings is 1. The number of ether oxygens (including phenoxy) is 2. The number of hydrogen-bond acceptors (Lipinski definition) is 8. The van der Waals surface area contributed by atoms with Gasteiger partial charge in [0.1, 0.15) is 0 Å². The number of anilines is 1. The quantitative estimate of drug-likeness (QED) is 0.501. The molecule has 0 unspecified atom stereocenters. The summed E-state index contributed by atoms with van der Waals surface area (Å²) < 4.78 is 10.0. The number of nitrogens with zero attached hydrogens (tertiary/aromatic N) is 4. The predicted octanol–water partition coefficient (Wildman–Crippen LogP) is 0.731. The SMILES string of the molecule is CCOC(=O)C(CCN1CCN(c2ncccn2)CC1)C(=O)OCC. The molecule has 1 aromatic rings. The van der Waals surface area contributed by atoms with E-state index in [4.69, 9.17) is 9.47 Å². The minimum atomic E-state index is -0.851. The molecular formula is C17H26N4O4. The lowest BCUT2D eigenvalue weighted by Crippen LogP contribution is -2.47. The summed E-state index contributed by atoms with van der Waals surface area (Å²) in [5, 5.41) is 0. The Morgan fingerprint density at radius 3 is 2.12 bits per heavy atom. The maximum atomic E-state index is 12.0. The molecule has 1 aliphatic rings. The first-order valence-corrected chi connectivity index (χ1v) is 8.73. The molecule has 0 atom stereocenters. The fourth-order valence-corrected chi connectivity index (χ4v) is 2.76. The molecule has 138 valence electrons. The number of carbonyl (C=O) groups is 2. The van der Waals surface area contributed by atoms with Gasteiger partial charge in [-0.25, -0.2) is 9.97 Å². The van der Waals surface area contributed by atoms with Crippen LogP contribution in [0.25, 0.3) is 0 Å². The summed E-state index contributed by atoms with van der Waals surface area (Å²) in [6, 6.07) is 1.80. The Morgan fingerprint density at radius 1 is 1.04 bits per heavy atom. The average Bonchev–Trinajstić information content (AvgIpc) is 2.63. The fraction of sp³-hybridized carbons (Fsp3) is 0.647. The highest BCUT2D eigenvalue weighted by Gasteiger charge is 2.30. The Bertz CT molecular complexity index is 529. The van der Waals surface area contributed by atoms with Crippen LogP contribution in [-0.4, -0.2) is 72.7 Å². The van der Waals surface area contributed by atoms with E-state index < -0.39 is 17.9 Å². The molecule has 8 heteroatoms. The van der Waals surface area contributed by atoms with Gasteiger partial charge < -0.3 is 14.4 Å². The molecule has 8 nitrogen and oxygen atoms in total. The van der Waals surface area contributed by atoms with Gasteiger partial charge in [0.05, 0.1) is 13.2 Å². The van der Waals surface area contributed by atoms with E-state index in [2.05, 4.69) is 19.8 Å². The van der Waals surface area contributed by atoms with E-state index in [9.17, 15) is 9.59 Å². The molecule has 0 amide bonds. The molecule has 2 heterocycles. The lowest BCUT2D eigenvalue weighted by Gasteiger charge is -2.34. The van der Waals surface area contributed by atoms with Crippen LogP contribution in [0.2, 0.25) is 0 Å². The Kier molecular flexibility index (Phi) is 7.59. The second-order valence-corrected chi connectivity index (χ2v) is 5.72. The molecule has 0 aromatic carbocycles. The van der Waals surface area contributed by atoms with Crippen molar-refractivity contribution in [3.63, 3.8) is 0 Å². The van der Waals surface area contributed by atoms with Crippen LogP contribution in [0.4, 0.5) is 5.95 Å². The molecule has 0 N–H and O–H groups in total. The third kappa shape index (κ3) is 5.67. The molecule has 1 fully saturated rings. The first-order chi connectivity index (χ1) is 12.2. The predicted molar refractivity (Wildman–Crippen MR) is 92.1 cm³/mol. The summed E-state index contributed by atoms with van der Waals surface area (Å²) in [7, 11) is 0. The van der Waals surface area contributed by atoms with Gasteiger partial charge in [-0.2, -0.15) is 0 Å². The molecule has 1 aromatic heterocycles. The molecular weight excluding hydrogens is 324 g/mol. The van der Waals surface area contributed by atoms with Gasteiger partial charge in [-0.3, -0.25) is 14.5 Å². The highest BCUT2D eigenvalue weighted by Crippen LogP contribution is 2.14. The molecule has 0 radical (unpaired) electrons. The summed E-state index contributed by atoms with van der Waals surface area (Å²) in [4.78, 5) is 36.9. The average molecular weight is 350 g/mol. The zero-order valence-corrected chi connectivity index (χ0v) is 14.9. The number of carbonyl (C=O) groups excluding carboxylic acids is 2. The largest absolute Gasteiger partial charge is 0.465 e. The molecule has 0 saturated carbocycles. The molecule has 25 heavy (non-hydrogen) atoms. The normalized spacial score (nSPS) is 15.2. The smallest absolute Gasteiger partial charge is 0.320 e. The zero-order valence-electron chi connectivity index (χ0n) is 14.9. The monoisotopic (exact) mass is 350 g/mol. The van der Waals surface area contributed by atoms with Crippen LogP contribution >= 0.6 is 0 Å². The van der Waals surface area contributed by atoms with Crippen LogP contribution in [0.5, 0.6) is 0 Å². The van der Waals surface area contributed by atoms with E-state index >= 15 is 0 Å². The van der Waals surface area contributed by atoms with Crippen LogP contribution in [0.3, 0.4) is 0 Å². The van der Waals surface area contributed by atoms with E-state index in [1.807, 2.05) is 0 Å². The van der Waals surface area contributed by atoms with Crippen LogP contribution in [0, 0.1) is 5.92 Å². The van der Waals surface area contributed by atoms with Crippen molar-refractivity contribution in [3.8, 4) is 0 Å². The van der Waals surface area contributed by atoms with Crippen LogP contribution in [-0.2, 0) is 19.1 Å². The standard InChI is InChI=1S/C17H26N4O4/c1-3-24-15(22)14(16(23)25-4-2)6-9-20-10-12-21(13-11-20)17-18-7-5-8-19-17/h5,7-8,14H,3-4,6,9-13H2,1-2H3. The molecule has 1 saturated heterocycles. The topological polar surface area (TPSA) is 84.9 Å². The zero-order chi connectivity index (χ0) is 18.1. The minimum Gasteiger partial charge on any atom is -0.465 e. The van der Waals surface area contributed by atoms with Crippen molar-refractivity contribution in [2.75, 3.05) is 50.8 Å². The Morgan fingerprint density at radius 2 is 1.60 bits per heavy atom. The van der Waals surface area contributed by atoms with Gasteiger partial charge in [0.2, 0.25) is 5.95 Å². The molecule has 0 spiro atoms. The van der Waals surface area contributed by atoms with Gasteiger partial charge >= 0.3 is 11.9 Å². The number of rotatable bonds is 8. The summed E-state index contributed by atoms with van der Waals surface area (Å²) >= 11 is 0. The summed E-state index contributed by atoms with van der Waals surface area (Å²) in [6.07, 6.45) is 3.87. The number of hydrogen-bond donors (Lipinski definition) is 0. The summed E-state index contributed by atoms with van der Waals surface area (Å²) in [6.45, 7) is 7.89. The van der Waals surface area contributed by atoms with Gasteiger partial charge in [0.15, 0.2) is 5.92 Å². The van der Waals surface area contributed by atoms with Gasteiger partial charge in [-0.15, -0.1) is 0 Å². The summed E-state index contributed by atoms with van der Waals surface area (Å²) in [5.41, 5.74) is 0. The minimum absolute atomic E-state index is 0.254. The Hall–Kier alpha value is -2.22. The van der Waals surface area contributed by atoms with Gasteiger partial charge in [-0.05, 0) is 32.9 Å². The summed E-state index contributed by atoms with van der Waals surface area (Å²) in [5.74, 6) is -1.12. The second-order valence-electron chi connectivity index (χ2n) is 5.72. The first kappa shape index (κ1) is 19.1. The van der Waals surface area contributed by atoms with Gasteiger partial charge in [0, 0.05) is 38.6 Å². The van der Waals surface area contributed by atoms with E-state index in [-0.39, 0.29) is 13.2 Å². The van der Waals surface area contributed by atoms with Crippen molar-refractivity contribution in [1.82, 2.24) is 14.9 Å². The maximum absolute atomic E-state index is 12.0. The number of aromatic nitrogens is 2. The first-order valence-electron chi connectivity index (χ1n) is 8.73. The van der Waals surface area contributed by atoms with E-state index in [1.54, 1.807) is 32.3 Å². The Labute approximate surface area is 148 Å². The van der Waals surface area contributed by atoms with Crippen molar-refractivity contribution < 1.29 is 19.1 Å². The van der Waals surface area contributed by atoms with Gasteiger partial charge in [0.25, 0.3) is 0 Å². The van der Waals surface area contributed by atoms with Crippen molar-refractivity contribution >= 4 is 17.9 Å². The van der Waals surface area contributed by atoms with Crippen LogP contribution in [0.1, 0.15) is 20.3 Å². The molecule has 0 bridgehead atoms. The third-order valence-corrected chi connectivity index (χ3v) is 4.08. The highest BCUT2D eigenvalue weighted by atomic mass is 16.6. The van der Waals surface area contributed by atoms with Crippen molar-refractivity contribution in [2.24, 2.45) is 5.92 Å². The van der Waals surface area contributed by atoms with Gasteiger partial charge in [-0.1, -0.05) is 0 Å². The van der Waals surface area contributed by atoms with E-state index in [1.165, 1.54) is 0 Å². The van der Waals surface area contributed by atoms with E-state index in [0.29, 0.717) is 13.0 Å².